The van der Waals surface area contributed by atoms with Crippen molar-refractivity contribution >= 4 is 5.97 Å². The topological polar surface area (TPSA) is 55.8 Å². The second-order valence-electron chi connectivity index (χ2n) is 13.3. The minimum atomic E-state index is -0.579. The molecule has 0 rings (SSSR count). The zero-order valence-corrected chi connectivity index (χ0v) is 34.0. The third kappa shape index (κ3) is 43.1. The molecule has 0 saturated heterocycles. The molecule has 0 aliphatic carbocycles. The lowest BCUT2D eigenvalue weighted by molar-refractivity contribution is -0.154. The molecule has 0 fully saturated rings. The summed E-state index contributed by atoms with van der Waals surface area (Å²) in [6.07, 6.45) is 66.9. The van der Waals surface area contributed by atoms with E-state index in [0.29, 0.717) is 13.0 Å². The Balaban J connectivity index is 3.61. The smallest absolute Gasteiger partial charge is 0.306 e. The van der Waals surface area contributed by atoms with E-state index in [1.807, 2.05) is 0 Å². The molecule has 4 heteroatoms. The number of ether oxygens (including phenoxy) is 2. The lowest BCUT2D eigenvalue weighted by Crippen LogP contribution is -2.27. The van der Waals surface area contributed by atoms with Crippen LogP contribution in [0.15, 0.2) is 122 Å². The molecule has 0 bridgehead atoms. The number of aliphatic hydroxyl groups excluding tert-OH is 1. The number of hydrogen-bond acceptors (Lipinski definition) is 4. The molecule has 0 aliphatic rings. The van der Waals surface area contributed by atoms with E-state index in [4.69, 9.17) is 9.47 Å². The number of esters is 1. The van der Waals surface area contributed by atoms with Crippen molar-refractivity contribution < 1.29 is 19.4 Å². The maximum absolute atomic E-state index is 12.2. The third-order valence-electron chi connectivity index (χ3n) is 8.28. The van der Waals surface area contributed by atoms with Crippen molar-refractivity contribution in [3.05, 3.63) is 122 Å². The monoisotopic (exact) mass is 731 g/mol. The van der Waals surface area contributed by atoms with Gasteiger partial charge < -0.3 is 14.6 Å². The number of hydrogen-bond donors (Lipinski definition) is 1. The molecule has 4 nitrogen and oxygen atoms in total. The third-order valence-corrected chi connectivity index (χ3v) is 8.28. The fourth-order valence-corrected chi connectivity index (χ4v) is 5.22. The Morgan fingerprint density at radius 2 is 0.792 bits per heavy atom. The van der Waals surface area contributed by atoms with Gasteiger partial charge >= 0.3 is 5.97 Å². The first-order chi connectivity index (χ1) is 26.2. The predicted octanol–water partition coefficient (Wildman–Crippen LogP) is 14.1. The van der Waals surface area contributed by atoms with Gasteiger partial charge in [-0.05, 0) is 96.3 Å². The molecular weight excluding hydrogens is 653 g/mol. The summed E-state index contributed by atoms with van der Waals surface area (Å²) in [4.78, 5) is 12.2. The van der Waals surface area contributed by atoms with Crippen LogP contribution in [0.25, 0.3) is 0 Å². The molecule has 0 heterocycles. The SMILES string of the molecule is CC/C=C\C/C=C\C/C=C\C/C=C\C/C=C\C/C=C\CCCOCC(CO)OC(=O)CCCCCCCCCC/C=C\C/C=C\C/C=C\C/C=C\CC. The summed E-state index contributed by atoms with van der Waals surface area (Å²) < 4.78 is 11.1. The first-order valence-electron chi connectivity index (χ1n) is 21.1. The van der Waals surface area contributed by atoms with Crippen LogP contribution in [-0.4, -0.2) is 37.0 Å². The Kier molecular flexibility index (Phi) is 42.2. The minimum absolute atomic E-state index is 0.207. The van der Waals surface area contributed by atoms with Gasteiger partial charge in [-0.15, -0.1) is 0 Å². The normalized spacial score (nSPS) is 13.6. The van der Waals surface area contributed by atoms with Crippen LogP contribution in [0, 0.1) is 0 Å². The number of aliphatic hydroxyl groups is 1. The zero-order chi connectivity index (χ0) is 38.4. The molecule has 53 heavy (non-hydrogen) atoms. The van der Waals surface area contributed by atoms with Crippen molar-refractivity contribution in [2.45, 2.75) is 161 Å². The first kappa shape index (κ1) is 49.8. The van der Waals surface area contributed by atoms with Crippen molar-refractivity contribution in [2.24, 2.45) is 0 Å². The summed E-state index contributed by atoms with van der Waals surface area (Å²) in [6, 6.07) is 0. The molecule has 298 valence electrons. The Labute approximate surface area is 327 Å². The van der Waals surface area contributed by atoms with Gasteiger partial charge in [-0.2, -0.15) is 0 Å². The number of carbonyl (C=O) groups is 1. The lowest BCUT2D eigenvalue weighted by atomic mass is 10.1. The van der Waals surface area contributed by atoms with Gasteiger partial charge in [-0.25, -0.2) is 0 Å². The number of unbranched alkanes of at least 4 members (excludes halogenated alkanes) is 9. The molecule has 0 spiro atoms. The van der Waals surface area contributed by atoms with Crippen molar-refractivity contribution in [1.29, 1.82) is 0 Å². The standard InChI is InChI=1S/C49H78O4/c1-3-5-7-9-11-13-15-17-19-21-23-25-26-28-30-32-34-36-38-40-42-44-49(51)53-48(46-50)47-52-45-43-41-39-37-35-33-31-29-27-24-22-20-18-16-14-12-10-8-6-4-2/h5-8,11-14,17-20,23-25,27,31,33,37,39,48,50H,3-4,9-10,15-16,21-22,26,28-30,32,34-36,38,40-47H2,1-2H3/b7-5-,8-6-,13-11-,14-12-,19-17-,20-18-,25-23-,27-24-,33-31-,39-37-. The van der Waals surface area contributed by atoms with Crippen molar-refractivity contribution in [1.82, 2.24) is 0 Å². The van der Waals surface area contributed by atoms with Crippen molar-refractivity contribution in [2.75, 3.05) is 19.8 Å². The van der Waals surface area contributed by atoms with Crippen molar-refractivity contribution in [3.8, 4) is 0 Å². The largest absolute Gasteiger partial charge is 0.457 e. The highest BCUT2D eigenvalue weighted by molar-refractivity contribution is 5.69. The second-order valence-corrected chi connectivity index (χ2v) is 13.3. The maximum atomic E-state index is 12.2. The highest BCUT2D eigenvalue weighted by Gasteiger charge is 2.13. The van der Waals surface area contributed by atoms with Gasteiger partial charge in [0.25, 0.3) is 0 Å². The van der Waals surface area contributed by atoms with E-state index >= 15 is 0 Å². The molecule has 0 aromatic rings. The van der Waals surface area contributed by atoms with E-state index < -0.39 is 6.10 Å². The van der Waals surface area contributed by atoms with Crippen LogP contribution in [-0.2, 0) is 14.3 Å². The molecule has 0 aromatic heterocycles. The molecule has 1 atom stereocenters. The maximum Gasteiger partial charge on any atom is 0.306 e. The van der Waals surface area contributed by atoms with Gasteiger partial charge in [0, 0.05) is 13.0 Å². The zero-order valence-electron chi connectivity index (χ0n) is 34.0. The molecule has 1 N–H and O–H groups in total. The van der Waals surface area contributed by atoms with Gasteiger partial charge in [0.1, 0.15) is 6.10 Å². The molecule has 0 radical (unpaired) electrons. The molecule has 1 unspecified atom stereocenters. The Morgan fingerprint density at radius 3 is 1.19 bits per heavy atom. The van der Waals surface area contributed by atoms with E-state index in [-0.39, 0.29) is 19.2 Å². The first-order valence-corrected chi connectivity index (χ1v) is 21.1. The summed E-state index contributed by atoms with van der Waals surface area (Å²) in [5, 5.41) is 9.60. The predicted molar refractivity (Wildman–Crippen MR) is 232 cm³/mol. The summed E-state index contributed by atoms with van der Waals surface area (Å²) in [6.45, 7) is 4.94. The average Bonchev–Trinajstić information content (AvgIpc) is 3.16. The van der Waals surface area contributed by atoms with Gasteiger partial charge in [-0.1, -0.05) is 174 Å². The highest BCUT2D eigenvalue weighted by Crippen LogP contribution is 2.12. The van der Waals surface area contributed by atoms with E-state index in [2.05, 4.69) is 135 Å². The Morgan fingerprint density at radius 1 is 0.453 bits per heavy atom. The van der Waals surface area contributed by atoms with E-state index in [9.17, 15) is 9.90 Å². The fraction of sp³-hybridized carbons (Fsp3) is 0.571. The molecule has 0 amide bonds. The lowest BCUT2D eigenvalue weighted by Gasteiger charge is -2.15. The van der Waals surface area contributed by atoms with Gasteiger partial charge in [0.15, 0.2) is 0 Å². The number of carbonyl (C=O) groups excluding carboxylic acids is 1. The summed E-state index contributed by atoms with van der Waals surface area (Å²) >= 11 is 0. The van der Waals surface area contributed by atoms with E-state index in [1.54, 1.807) is 0 Å². The van der Waals surface area contributed by atoms with Crippen LogP contribution < -0.4 is 0 Å². The summed E-state index contributed by atoms with van der Waals surface area (Å²) in [5.41, 5.74) is 0. The summed E-state index contributed by atoms with van der Waals surface area (Å²) in [5.74, 6) is -0.235. The molecule has 0 aromatic carbocycles. The van der Waals surface area contributed by atoms with Crippen LogP contribution in [0.1, 0.15) is 155 Å². The van der Waals surface area contributed by atoms with E-state index in [1.165, 1.54) is 38.5 Å². The van der Waals surface area contributed by atoms with Gasteiger partial charge in [0.2, 0.25) is 0 Å². The molecule has 0 aliphatic heterocycles. The molecule has 0 saturated carbocycles. The van der Waals surface area contributed by atoms with Crippen molar-refractivity contribution in [3.63, 3.8) is 0 Å². The number of rotatable bonds is 37. The quantitative estimate of drug-likeness (QED) is 0.0393. The van der Waals surface area contributed by atoms with Crippen LogP contribution >= 0.6 is 0 Å². The molecular formula is C49H78O4. The van der Waals surface area contributed by atoms with Gasteiger partial charge in [0.05, 0.1) is 13.2 Å². The van der Waals surface area contributed by atoms with Gasteiger partial charge in [-0.3, -0.25) is 4.79 Å². The van der Waals surface area contributed by atoms with Crippen LogP contribution in [0.3, 0.4) is 0 Å². The highest BCUT2D eigenvalue weighted by atomic mass is 16.6. The van der Waals surface area contributed by atoms with Crippen LogP contribution in [0.5, 0.6) is 0 Å². The fourth-order valence-electron chi connectivity index (χ4n) is 5.22. The minimum Gasteiger partial charge on any atom is -0.457 e. The summed E-state index contributed by atoms with van der Waals surface area (Å²) in [7, 11) is 0. The Hall–Kier alpha value is -3.21. The number of allylic oxidation sites excluding steroid dienone is 20. The van der Waals surface area contributed by atoms with E-state index in [0.717, 1.165) is 96.3 Å². The average molecular weight is 731 g/mol. The van der Waals surface area contributed by atoms with Crippen LogP contribution in [0.4, 0.5) is 0 Å². The Bertz CT molecular complexity index is 1080. The second kappa shape index (κ2) is 44.9. The van der Waals surface area contributed by atoms with Crippen LogP contribution in [0.2, 0.25) is 0 Å².